The van der Waals surface area contributed by atoms with Gasteiger partial charge in [0.25, 0.3) is 0 Å². The number of quaternary nitrogens is 1. The lowest BCUT2D eigenvalue weighted by Crippen LogP contribution is -2.50. The first-order chi connectivity index (χ1) is 28.6. The first kappa shape index (κ1) is 56.5. The minimum Gasteiger partial charge on any atom is -0.477 e. The van der Waals surface area contributed by atoms with Gasteiger partial charge in [-0.15, -0.1) is 0 Å². The molecule has 59 heavy (non-hydrogen) atoms. The van der Waals surface area contributed by atoms with Gasteiger partial charge in [-0.2, -0.15) is 0 Å². The maximum atomic E-state index is 12.8. The van der Waals surface area contributed by atoms with Crippen molar-refractivity contribution in [2.24, 2.45) is 0 Å². The fourth-order valence-electron chi connectivity index (χ4n) is 7.28. The van der Waals surface area contributed by atoms with Crippen LogP contribution in [0.3, 0.4) is 0 Å². The van der Waals surface area contributed by atoms with Crippen LogP contribution in [0.4, 0.5) is 0 Å². The SMILES string of the molecule is CC/C=C/C/C=C/C/C=C/CCCCCCCCCCCCC(=O)OCC(COCCC(C(=O)O)[N+](C)(C)C)OC(=O)CCCCCCCCCCCCCCCCC. The molecule has 344 valence electrons. The van der Waals surface area contributed by atoms with Crippen LogP contribution in [0.25, 0.3) is 0 Å². The number of ether oxygens (including phenoxy) is 3. The van der Waals surface area contributed by atoms with E-state index in [-0.39, 0.29) is 36.2 Å². The molecule has 0 saturated heterocycles. The van der Waals surface area contributed by atoms with Crippen molar-refractivity contribution in [1.82, 2.24) is 0 Å². The van der Waals surface area contributed by atoms with Crippen LogP contribution >= 0.6 is 0 Å². The largest absolute Gasteiger partial charge is 0.477 e. The molecule has 0 rings (SSSR count). The van der Waals surface area contributed by atoms with Crippen molar-refractivity contribution in [2.75, 3.05) is 41.0 Å². The van der Waals surface area contributed by atoms with Gasteiger partial charge in [-0.3, -0.25) is 9.59 Å². The van der Waals surface area contributed by atoms with Crippen LogP contribution in [0.15, 0.2) is 36.5 Å². The Bertz CT molecular complexity index is 1060. The Morgan fingerprint density at radius 3 is 1.41 bits per heavy atom. The smallest absolute Gasteiger partial charge is 0.362 e. The summed E-state index contributed by atoms with van der Waals surface area (Å²) in [6, 6.07) is -0.613. The summed E-state index contributed by atoms with van der Waals surface area (Å²) in [6.45, 7) is 4.65. The van der Waals surface area contributed by atoms with Crippen LogP contribution in [0.5, 0.6) is 0 Å². The fraction of sp³-hybridized carbons (Fsp3) is 0.824. The number of rotatable bonds is 44. The van der Waals surface area contributed by atoms with Gasteiger partial charge in [0.15, 0.2) is 12.1 Å². The van der Waals surface area contributed by atoms with Crippen molar-refractivity contribution < 1.29 is 38.2 Å². The number of carbonyl (C=O) groups excluding carboxylic acids is 2. The van der Waals surface area contributed by atoms with Crippen molar-refractivity contribution in [3.63, 3.8) is 0 Å². The molecular formula is C51H94NO7+. The third-order valence-electron chi connectivity index (χ3n) is 11.1. The monoisotopic (exact) mass is 833 g/mol. The van der Waals surface area contributed by atoms with Gasteiger partial charge in [0.1, 0.15) is 6.61 Å². The summed E-state index contributed by atoms with van der Waals surface area (Å²) in [5.74, 6) is -1.46. The van der Waals surface area contributed by atoms with E-state index in [1.807, 2.05) is 21.1 Å². The topological polar surface area (TPSA) is 99.1 Å². The van der Waals surface area contributed by atoms with E-state index < -0.39 is 18.1 Å². The summed E-state index contributed by atoms with van der Waals surface area (Å²) in [7, 11) is 5.54. The quantitative estimate of drug-likeness (QED) is 0.0282. The predicted octanol–water partition coefficient (Wildman–Crippen LogP) is 13.8. The maximum Gasteiger partial charge on any atom is 0.362 e. The Morgan fingerprint density at radius 1 is 0.525 bits per heavy atom. The number of unbranched alkanes of at least 4 members (excludes halogenated alkanes) is 24. The molecule has 0 amide bonds. The molecule has 1 N–H and O–H groups in total. The number of hydrogen-bond donors (Lipinski definition) is 1. The van der Waals surface area contributed by atoms with Gasteiger partial charge in [0.05, 0.1) is 34.4 Å². The van der Waals surface area contributed by atoms with Gasteiger partial charge < -0.3 is 23.8 Å². The van der Waals surface area contributed by atoms with Gasteiger partial charge in [-0.25, -0.2) is 4.79 Å². The van der Waals surface area contributed by atoms with E-state index >= 15 is 0 Å². The van der Waals surface area contributed by atoms with Crippen molar-refractivity contribution in [1.29, 1.82) is 0 Å². The second-order valence-corrected chi connectivity index (χ2v) is 17.7. The molecule has 0 aromatic carbocycles. The van der Waals surface area contributed by atoms with Gasteiger partial charge in [-0.1, -0.05) is 192 Å². The standard InChI is InChI=1S/C51H93NO7/c1-6-8-10-12-14-16-18-20-22-23-24-25-26-28-29-31-33-35-37-39-41-49(53)58-46-47(45-57-44-43-48(51(55)56)52(3,4)5)59-50(54)42-40-38-36-34-32-30-27-21-19-17-15-13-11-9-7-2/h8,10,14,16,20,22,47-48H,6-7,9,11-13,15,17-19,21,23-46H2,1-5H3/p+1/b10-8+,16-14+,22-20+. The van der Waals surface area contributed by atoms with Crippen LogP contribution in [0.2, 0.25) is 0 Å². The third-order valence-corrected chi connectivity index (χ3v) is 11.1. The minimum absolute atomic E-state index is 0.0496. The lowest BCUT2D eigenvalue weighted by molar-refractivity contribution is -0.887. The van der Waals surface area contributed by atoms with E-state index in [4.69, 9.17) is 14.2 Å². The van der Waals surface area contributed by atoms with E-state index in [9.17, 15) is 19.5 Å². The number of nitrogens with zero attached hydrogens (tertiary/aromatic N) is 1. The van der Waals surface area contributed by atoms with E-state index in [0.717, 1.165) is 57.8 Å². The summed E-state index contributed by atoms with van der Waals surface area (Å²) in [6.07, 6.45) is 49.0. The first-order valence-electron chi connectivity index (χ1n) is 24.5. The maximum absolute atomic E-state index is 12.8. The number of carbonyl (C=O) groups is 3. The molecule has 0 aliphatic carbocycles. The Kier molecular flexibility index (Phi) is 40.5. The van der Waals surface area contributed by atoms with Crippen LogP contribution in [-0.2, 0) is 28.6 Å². The van der Waals surface area contributed by atoms with Crippen molar-refractivity contribution >= 4 is 17.9 Å². The molecule has 0 heterocycles. The number of allylic oxidation sites excluding steroid dienone is 6. The summed E-state index contributed by atoms with van der Waals surface area (Å²) in [5.41, 5.74) is 0. The second kappa shape index (κ2) is 42.2. The zero-order valence-electron chi connectivity index (χ0n) is 39.2. The fourth-order valence-corrected chi connectivity index (χ4v) is 7.28. The number of aliphatic carboxylic acids is 1. The summed E-state index contributed by atoms with van der Waals surface area (Å²) in [4.78, 5) is 37.1. The molecule has 0 aliphatic rings. The lowest BCUT2D eigenvalue weighted by atomic mass is 10.0. The average Bonchev–Trinajstić information content (AvgIpc) is 3.19. The highest BCUT2D eigenvalue weighted by atomic mass is 16.6. The van der Waals surface area contributed by atoms with Gasteiger partial charge >= 0.3 is 17.9 Å². The minimum atomic E-state index is -0.873. The third kappa shape index (κ3) is 40.7. The predicted molar refractivity (Wildman–Crippen MR) is 248 cm³/mol. The molecular weight excluding hydrogens is 739 g/mol. The Balaban J connectivity index is 4.24. The van der Waals surface area contributed by atoms with Crippen LogP contribution in [0.1, 0.15) is 219 Å². The van der Waals surface area contributed by atoms with Crippen molar-refractivity contribution in [3.05, 3.63) is 36.5 Å². The normalized spacial score (nSPS) is 13.2. The molecule has 2 atom stereocenters. The summed E-state index contributed by atoms with van der Waals surface area (Å²) < 4.78 is 17.3. The number of likely N-dealkylation sites (N-methyl/N-ethyl adjacent to an activating group) is 1. The summed E-state index contributed by atoms with van der Waals surface area (Å²) >= 11 is 0. The van der Waals surface area contributed by atoms with Crippen LogP contribution < -0.4 is 0 Å². The van der Waals surface area contributed by atoms with E-state index in [0.29, 0.717) is 19.3 Å². The first-order valence-corrected chi connectivity index (χ1v) is 24.5. The number of carboxylic acids is 1. The Morgan fingerprint density at radius 2 is 0.949 bits per heavy atom. The highest BCUT2D eigenvalue weighted by molar-refractivity contribution is 5.72. The number of carboxylic acid groups (broad SMARTS) is 1. The second-order valence-electron chi connectivity index (χ2n) is 17.7. The molecule has 0 aromatic heterocycles. The highest BCUT2D eigenvalue weighted by Gasteiger charge is 2.31. The molecule has 0 saturated carbocycles. The zero-order chi connectivity index (χ0) is 43.5. The van der Waals surface area contributed by atoms with E-state index in [2.05, 4.69) is 50.3 Å². The molecule has 0 spiro atoms. The highest BCUT2D eigenvalue weighted by Crippen LogP contribution is 2.16. The molecule has 0 aromatic rings. The van der Waals surface area contributed by atoms with Crippen molar-refractivity contribution in [3.8, 4) is 0 Å². The van der Waals surface area contributed by atoms with Gasteiger partial charge in [-0.05, 0) is 44.9 Å². The molecule has 0 radical (unpaired) electrons. The number of hydrogen-bond acceptors (Lipinski definition) is 6. The van der Waals surface area contributed by atoms with Gasteiger partial charge in [0.2, 0.25) is 0 Å². The van der Waals surface area contributed by atoms with Crippen LogP contribution in [-0.4, -0.2) is 80.6 Å². The number of esters is 2. The molecule has 0 aliphatic heterocycles. The molecule has 8 heteroatoms. The van der Waals surface area contributed by atoms with Crippen LogP contribution in [0, 0.1) is 0 Å². The summed E-state index contributed by atoms with van der Waals surface area (Å²) in [5, 5.41) is 9.64. The van der Waals surface area contributed by atoms with Gasteiger partial charge in [0, 0.05) is 19.3 Å². The molecule has 0 bridgehead atoms. The van der Waals surface area contributed by atoms with E-state index in [1.54, 1.807) is 0 Å². The van der Waals surface area contributed by atoms with Crippen molar-refractivity contribution in [2.45, 2.75) is 231 Å². The zero-order valence-corrected chi connectivity index (χ0v) is 39.2. The Labute approximate surface area is 364 Å². The average molecular weight is 833 g/mol. The van der Waals surface area contributed by atoms with E-state index in [1.165, 1.54) is 128 Å². The molecule has 0 fully saturated rings. The molecule has 8 nitrogen and oxygen atoms in total. The Hall–Kier alpha value is -2.45. The lowest BCUT2D eigenvalue weighted by Gasteiger charge is -2.31. The molecule has 2 unspecified atom stereocenters.